The average molecular weight is 214 g/mol. The van der Waals surface area contributed by atoms with E-state index in [1.54, 1.807) is 0 Å². The summed E-state index contributed by atoms with van der Waals surface area (Å²) in [4.78, 5) is 11.4. The van der Waals surface area contributed by atoms with E-state index in [2.05, 4.69) is 5.32 Å². The smallest absolute Gasteiger partial charge is 0.252 e. The molecule has 14 heavy (non-hydrogen) atoms. The molecule has 0 fully saturated rings. The van der Waals surface area contributed by atoms with E-state index in [-0.39, 0.29) is 5.91 Å². The summed E-state index contributed by atoms with van der Waals surface area (Å²) in [6.07, 6.45) is 0. The minimum Gasteiger partial charge on any atom is -0.397 e. The second-order valence-electron chi connectivity index (χ2n) is 2.82. The molecule has 76 valence electrons. The summed E-state index contributed by atoms with van der Waals surface area (Å²) in [5.41, 5.74) is 12.2. The molecule has 0 spiro atoms. The summed E-state index contributed by atoms with van der Waals surface area (Å²) in [6.45, 7) is 2.37. The third-order valence-corrected chi connectivity index (χ3v) is 2.07. The van der Waals surface area contributed by atoms with Crippen LogP contribution in [0.2, 0.25) is 5.02 Å². The number of carbonyl (C=O) groups is 1. The van der Waals surface area contributed by atoms with E-state index in [0.29, 0.717) is 28.5 Å². The van der Waals surface area contributed by atoms with Gasteiger partial charge in [-0.05, 0) is 19.1 Å². The van der Waals surface area contributed by atoms with Crippen LogP contribution in [0.25, 0.3) is 0 Å². The quantitative estimate of drug-likeness (QED) is 0.647. The predicted molar refractivity (Wildman–Crippen MR) is 58.3 cm³/mol. The first kappa shape index (κ1) is 10.7. The first-order valence-electron chi connectivity index (χ1n) is 4.19. The molecule has 1 aromatic rings. The lowest BCUT2D eigenvalue weighted by molar-refractivity contribution is 0.0956. The van der Waals surface area contributed by atoms with Crippen LogP contribution in [0.3, 0.4) is 0 Å². The molecule has 1 aromatic carbocycles. The SMILES string of the molecule is CCNC(=O)c1cc(N)c(N)cc1Cl. The van der Waals surface area contributed by atoms with Crippen LogP contribution in [0.4, 0.5) is 11.4 Å². The lowest BCUT2D eigenvalue weighted by Crippen LogP contribution is -2.23. The van der Waals surface area contributed by atoms with E-state index in [4.69, 9.17) is 23.1 Å². The third kappa shape index (κ3) is 2.09. The standard InChI is InChI=1S/C9H12ClN3O/c1-2-13-9(14)5-3-7(11)8(12)4-6(5)10/h3-4H,2,11-12H2,1H3,(H,13,14). The molecular formula is C9H12ClN3O. The molecule has 0 aliphatic rings. The molecular weight excluding hydrogens is 202 g/mol. The van der Waals surface area contributed by atoms with E-state index in [1.807, 2.05) is 6.92 Å². The highest BCUT2D eigenvalue weighted by molar-refractivity contribution is 6.34. The molecule has 0 saturated heterocycles. The van der Waals surface area contributed by atoms with Gasteiger partial charge in [-0.25, -0.2) is 0 Å². The molecule has 0 aliphatic heterocycles. The number of rotatable bonds is 2. The Labute approximate surface area is 87.2 Å². The van der Waals surface area contributed by atoms with Crippen LogP contribution in [0.15, 0.2) is 12.1 Å². The summed E-state index contributed by atoms with van der Waals surface area (Å²) >= 11 is 5.84. The molecule has 5 heteroatoms. The van der Waals surface area contributed by atoms with Gasteiger partial charge in [0.1, 0.15) is 0 Å². The van der Waals surface area contributed by atoms with Gasteiger partial charge in [0.2, 0.25) is 0 Å². The minimum absolute atomic E-state index is 0.246. The number of benzene rings is 1. The maximum absolute atomic E-state index is 11.4. The van der Waals surface area contributed by atoms with Crippen LogP contribution in [0, 0.1) is 0 Å². The fourth-order valence-corrected chi connectivity index (χ4v) is 1.29. The van der Waals surface area contributed by atoms with Crippen molar-refractivity contribution in [3.8, 4) is 0 Å². The number of hydrogen-bond acceptors (Lipinski definition) is 3. The maximum Gasteiger partial charge on any atom is 0.252 e. The van der Waals surface area contributed by atoms with Crippen molar-refractivity contribution in [1.29, 1.82) is 0 Å². The van der Waals surface area contributed by atoms with Crippen molar-refractivity contribution >= 4 is 28.9 Å². The fraction of sp³-hybridized carbons (Fsp3) is 0.222. The van der Waals surface area contributed by atoms with Crippen LogP contribution in [0.5, 0.6) is 0 Å². The van der Waals surface area contributed by atoms with Gasteiger partial charge in [-0.3, -0.25) is 4.79 Å². The number of halogens is 1. The van der Waals surface area contributed by atoms with Crippen LogP contribution < -0.4 is 16.8 Å². The minimum atomic E-state index is -0.246. The Morgan fingerprint density at radius 2 is 2.00 bits per heavy atom. The van der Waals surface area contributed by atoms with E-state index < -0.39 is 0 Å². The van der Waals surface area contributed by atoms with Gasteiger partial charge in [0.05, 0.1) is 22.0 Å². The van der Waals surface area contributed by atoms with Crippen molar-refractivity contribution < 1.29 is 4.79 Å². The second kappa shape index (κ2) is 4.19. The average Bonchev–Trinajstić information content (AvgIpc) is 2.11. The highest BCUT2D eigenvalue weighted by Crippen LogP contribution is 2.24. The topological polar surface area (TPSA) is 81.1 Å². The number of nitrogens with one attached hydrogen (secondary N) is 1. The molecule has 1 amide bonds. The zero-order chi connectivity index (χ0) is 10.7. The van der Waals surface area contributed by atoms with Gasteiger partial charge in [-0.15, -0.1) is 0 Å². The molecule has 0 radical (unpaired) electrons. The number of nitrogen functional groups attached to an aromatic ring is 2. The summed E-state index contributed by atoms with van der Waals surface area (Å²) in [6, 6.07) is 2.95. The largest absolute Gasteiger partial charge is 0.397 e. The molecule has 0 aromatic heterocycles. The van der Waals surface area contributed by atoms with Crippen molar-refractivity contribution in [3.05, 3.63) is 22.7 Å². The highest BCUT2D eigenvalue weighted by Gasteiger charge is 2.11. The van der Waals surface area contributed by atoms with Gasteiger partial charge >= 0.3 is 0 Å². The Hall–Kier alpha value is -1.42. The van der Waals surface area contributed by atoms with Crippen molar-refractivity contribution in [2.45, 2.75) is 6.92 Å². The van der Waals surface area contributed by atoms with Crippen LogP contribution in [0.1, 0.15) is 17.3 Å². The van der Waals surface area contributed by atoms with Gasteiger partial charge in [-0.2, -0.15) is 0 Å². The van der Waals surface area contributed by atoms with Gasteiger partial charge in [0.15, 0.2) is 0 Å². The molecule has 0 heterocycles. The van der Waals surface area contributed by atoms with Crippen LogP contribution >= 0.6 is 11.6 Å². The lowest BCUT2D eigenvalue weighted by atomic mass is 10.1. The Bertz CT molecular complexity index is 365. The molecule has 0 unspecified atom stereocenters. The van der Waals surface area contributed by atoms with Crippen LogP contribution in [-0.4, -0.2) is 12.5 Å². The monoisotopic (exact) mass is 213 g/mol. The second-order valence-corrected chi connectivity index (χ2v) is 3.23. The number of hydrogen-bond donors (Lipinski definition) is 3. The van der Waals surface area contributed by atoms with Crippen LogP contribution in [-0.2, 0) is 0 Å². The molecule has 4 nitrogen and oxygen atoms in total. The molecule has 0 bridgehead atoms. The Balaban J connectivity index is 3.09. The Kier molecular flexibility index (Phi) is 3.19. The zero-order valence-corrected chi connectivity index (χ0v) is 8.56. The summed E-state index contributed by atoms with van der Waals surface area (Å²) in [7, 11) is 0. The fourth-order valence-electron chi connectivity index (χ4n) is 1.04. The molecule has 0 atom stereocenters. The van der Waals surface area contributed by atoms with Crippen molar-refractivity contribution in [3.63, 3.8) is 0 Å². The molecule has 5 N–H and O–H groups in total. The summed E-state index contributed by atoms with van der Waals surface area (Å²) in [5, 5.41) is 2.94. The van der Waals surface area contributed by atoms with Crippen molar-refractivity contribution in [2.24, 2.45) is 0 Å². The van der Waals surface area contributed by atoms with Crippen molar-refractivity contribution in [1.82, 2.24) is 5.32 Å². The number of nitrogens with two attached hydrogens (primary N) is 2. The molecule has 1 rings (SSSR count). The first-order valence-corrected chi connectivity index (χ1v) is 4.56. The van der Waals surface area contributed by atoms with Gasteiger partial charge in [0.25, 0.3) is 5.91 Å². The number of anilines is 2. The van der Waals surface area contributed by atoms with Crippen molar-refractivity contribution in [2.75, 3.05) is 18.0 Å². The summed E-state index contributed by atoms with van der Waals surface area (Å²) < 4.78 is 0. The Morgan fingerprint density at radius 1 is 1.43 bits per heavy atom. The molecule has 0 saturated carbocycles. The first-order chi connectivity index (χ1) is 6.56. The summed E-state index contributed by atoms with van der Waals surface area (Å²) in [5.74, 6) is -0.246. The van der Waals surface area contributed by atoms with E-state index >= 15 is 0 Å². The Morgan fingerprint density at radius 3 is 2.57 bits per heavy atom. The van der Waals surface area contributed by atoms with E-state index in [9.17, 15) is 4.79 Å². The zero-order valence-electron chi connectivity index (χ0n) is 7.80. The third-order valence-electron chi connectivity index (χ3n) is 1.75. The predicted octanol–water partition coefficient (Wildman–Crippen LogP) is 1.25. The maximum atomic E-state index is 11.4. The molecule has 0 aliphatic carbocycles. The van der Waals surface area contributed by atoms with E-state index in [1.165, 1.54) is 12.1 Å². The lowest BCUT2D eigenvalue weighted by Gasteiger charge is -2.07. The number of amides is 1. The number of carbonyl (C=O) groups excluding carboxylic acids is 1. The normalized spacial score (nSPS) is 9.86. The van der Waals surface area contributed by atoms with Gasteiger partial charge in [0, 0.05) is 6.54 Å². The van der Waals surface area contributed by atoms with Gasteiger partial charge in [-0.1, -0.05) is 11.6 Å². The van der Waals surface area contributed by atoms with Gasteiger partial charge < -0.3 is 16.8 Å². The van der Waals surface area contributed by atoms with E-state index in [0.717, 1.165) is 0 Å². The highest BCUT2D eigenvalue weighted by atomic mass is 35.5.